The molecule has 0 spiro atoms. The van der Waals surface area contributed by atoms with Gasteiger partial charge in [-0.05, 0) is 34.8 Å². The normalized spacial score (nSPS) is 11.5. The molecule has 0 atom stereocenters. The summed E-state index contributed by atoms with van der Waals surface area (Å²) in [6, 6.07) is 1.83. The number of aliphatic hydroxyl groups is 1. The molecule has 0 aliphatic heterocycles. The second kappa shape index (κ2) is 5.47. The fraction of sp³-hybridized carbons (Fsp3) is 0.545. The first-order valence-corrected chi connectivity index (χ1v) is 5.84. The van der Waals surface area contributed by atoms with Crippen molar-refractivity contribution in [3.63, 3.8) is 0 Å². The van der Waals surface area contributed by atoms with E-state index in [1.807, 2.05) is 19.9 Å². The Bertz CT molecular complexity index is 313. The quantitative estimate of drug-likeness (QED) is 0.897. The first-order valence-electron chi connectivity index (χ1n) is 5.05. The van der Waals surface area contributed by atoms with Crippen LogP contribution in [0.5, 0.6) is 5.75 Å². The van der Waals surface area contributed by atoms with Crippen molar-refractivity contribution < 1.29 is 9.84 Å². The van der Waals surface area contributed by atoms with E-state index < -0.39 is 5.60 Å². The van der Waals surface area contributed by atoms with E-state index in [-0.39, 0.29) is 0 Å². The number of hydrogen-bond acceptors (Lipinski definition) is 3. The molecule has 1 aromatic rings. The molecule has 0 saturated carbocycles. The lowest BCUT2D eigenvalue weighted by molar-refractivity contribution is -0.0114. The van der Waals surface area contributed by atoms with Gasteiger partial charge in [-0.1, -0.05) is 13.8 Å². The Morgan fingerprint density at radius 3 is 2.60 bits per heavy atom. The van der Waals surface area contributed by atoms with E-state index in [0.29, 0.717) is 25.2 Å². The third kappa shape index (κ3) is 3.80. The van der Waals surface area contributed by atoms with Crippen molar-refractivity contribution in [3.8, 4) is 5.75 Å². The van der Waals surface area contributed by atoms with Crippen LogP contribution in [-0.4, -0.2) is 22.3 Å². The number of pyridine rings is 1. The zero-order chi connectivity index (χ0) is 11.3. The molecule has 1 N–H and O–H groups in total. The van der Waals surface area contributed by atoms with Gasteiger partial charge in [-0.15, -0.1) is 0 Å². The van der Waals surface area contributed by atoms with E-state index in [0.717, 1.165) is 4.47 Å². The standard InChI is InChI=1S/C11H16BrNO2/c1-3-11(14,4-2)8-15-10-5-9(12)6-13-7-10/h5-7,14H,3-4,8H2,1-2H3. The average Bonchev–Trinajstić information content (AvgIpc) is 2.26. The summed E-state index contributed by atoms with van der Waals surface area (Å²) in [6.07, 6.45) is 4.70. The predicted molar refractivity (Wildman–Crippen MR) is 63.0 cm³/mol. The molecule has 0 fully saturated rings. The molecule has 0 aromatic carbocycles. The average molecular weight is 274 g/mol. The van der Waals surface area contributed by atoms with E-state index >= 15 is 0 Å². The van der Waals surface area contributed by atoms with Gasteiger partial charge in [0.15, 0.2) is 0 Å². The third-order valence-electron chi connectivity index (χ3n) is 2.50. The molecule has 0 aliphatic carbocycles. The summed E-state index contributed by atoms with van der Waals surface area (Å²) in [5.41, 5.74) is -0.734. The van der Waals surface area contributed by atoms with Gasteiger partial charge >= 0.3 is 0 Å². The summed E-state index contributed by atoms with van der Waals surface area (Å²) < 4.78 is 6.36. The molecule has 0 unspecified atom stereocenters. The minimum atomic E-state index is -0.734. The molecular formula is C11H16BrNO2. The van der Waals surface area contributed by atoms with Gasteiger partial charge in [-0.25, -0.2) is 0 Å². The molecule has 1 rings (SSSR count). The molecule has 0 aliphatic rings. The van der Waals surface area contributed by atoms with Crippen LogP contribution >= 0.6 is 15.9 Å². The fourth-order valence-corrected chi connectivity index (χ4v) is 1.49. The zero-order valence-corrected chi connectivity index (χ0v) is 10.6. The Kier molecular flexibility index (Phi) is 4.54. The zero-order valence-electron chi connectivity index (χ0n) is 9.03. The van der Waals surface area contributed by atoms with Crippen molar-refractivity contribution in [1.29, 1.82) is 0 Å². The number of rotatable bonds is 5. The van der Waals surface area contributed by atoms with Gasteiger partial charge in [0.25, 0.3) is 0 Å². The Morgan fingerprint density at radius 1 is 1.40 bits per heavy atom. The first kappa shape index (κ1) is 12.5. The highest BCUT2D eigenvalue weighted by atomic mass is 79.9. The van der Waals surface area contributed by atoms with Crippen LogP contribution in [0.25, 0.3) is 0 Å². The van der Waals surface area contributed by atoms with Crippen LogP contribution in [0.2, 0.25) is 0 Å². The lowest BCUT2D eigenvalue weighted by Gasteiger charge is -2.24. The van der Waals surface area contributed by atoms with E-state index in [1.54, 1.807) is 12.4 Å². The highest BCUT2D eigenvalue weighted by molar-refractivity contribution is 9.10. The SMILES string of the molecule is CCC(O)(CC)COc1cncc(Br)c1. The fourth-order valence-electron chi connectivity index (χ4n) is 1.14. The highest BCUT2D eigenvalue weighted by Gasteiger charge is 2.23. The summed E-state index contributed by atoms with van der Waals surface area (Å²) in [7, 11) is 0. The molecule has 0 saturated heterocycles. The lowest BCUT2D eigenvalue weighted by Crippen LogP contribution is -2.34. The maximum atomic E-state index is 10.0. The number of halogens is 1. The monoisotopic (exact) mass is 273 g/mol. The van der Waals surface area contributed by atoms with E-state index in [9.17, 15) is 5.11 Å². The Labute approximate surface area is 98.6 Å². The van der Waals surface area contributed by atoms with Gasteiger partial charge < -0.3 is 9.84 Å². The maximum Gasteiger partial charge on any atom is 0.138 e. The predicted octanol–water partition coefficient (Wildman–Crippen LogP) is 2.77. The number of nitrogens with zero attached hydrogens (tertiary/aromatic N) is 1. The van der Waals surface area contributed by atoms with Crippen molar-refractivity contribution in [1.82, 2.24) is 4.98 Å². The number of ether oxygens (including phenoxy) is 1. The van der Waals surface area contributed by atoms with Crippen molar-refractivity contribution in [2.24, 2.45) is 0 Å². The van der Waals surface area contributed by atoms with Crippen molar-refractivity contribution in [2.75, 3.05) is 6.61 Å². The minimum absolute atomic E-state index is 0.304. The summed E-state index contributed by atoms with van der Waals surface area (Å²) in [6.45, 7) is 4.20. The van der Waals surface area contributed by atoms with Crippen molar-refractivity contribution in [2.45, 2.75) is 32.3 Å². The number of aromatic nitrogens is 1. The van der Waals surface area contributed by atoms with Crippen molar-refractivity contribution >= 4 is 15.9 Å². The molecule has 84 valence electrons. The van der Waals surface area contributed by atoms with Gasteiger partial charge in [-0.2, -0.15) is 0 Å². The molecule has 0 radical (unpaired) electrons. The summed E-state index contributed by atoms with van der Waals surface area (Å²) in [5.74, 6) is 0.671. The van der Waals surface area contributed by atoms with Gasteiger partial charge in [0.2, 0.25) is 0 Å². The third-order valence-corrected chi connectivity index (χ3v) is 2.94. The van der Waals surface area contributed by atoms with E-state index in [1.165, 1.54) is 0 Å². The number of hydrogen-bond donors (Lipinski definition) is 1. The van der Waals surface area contributed by atoms with Crippen molar-refractivity contribution in [3.05, 3.63) is 22.9 Å². The second-order valence-corrected chi connectivity index (χ2v) is 4.47. The lowest BCUT2D eigenvalue weighted by atomic mass is 9.99. The van der Waals surface area contributed by atoms with E-state index in [4.69, 9.17) is 4.74 Å². The smallest absolute Gasteiger partial charge is 0.138 e. The van der Waals surface area contributed by atoms with Crippen LogP contribution < -0.4 is 4.74 Å². The Balaban J connectivity index is 2.56. The van der Waals surface area contributed by atoms with Gasteiger partial charge in [0, 0.05) is 10.7 Å². The summed E-state index contributed by atoms with van der Waals surface area (Å²) in [5, 5.41) is 10.0. The van der Waals surface area contributed by atoms with E-state index in [2.05, 4.69) is 20.9 Å². The Morgan fingerprint density at radius 2 is 2.07 bits per heavy atom. The van der Waals surface area contributed by atoms with Crippen LogP contribution in [0.3, 0.4) is 0 Å². The molecular weight excluding hydrogens is 258 g/mol. The minimum Gasteiger partial charge on any atom is -0.489 e. The molecule has 0 bridgehead atoms. The van der Waals surface area contributed by atoms with Crippen LogP contribution in [0.4, 0.5) is 0 Å². The topological polar surface area (TPSA) is 42.4 Å². The molecule has 1 aromatic heterocycles. The largest absolute Gasteiger partial charge is 0.489 e. The second-order valence-electron chi connectivity index (χ2n) is 3.56. The summed E-state index contributed by atoms with van der Waals surface area (Å²) >= 11 is 3.31. The molecule has 3 nitrogen and oxygen atoms in total. The van der Waals surface area contributed by atoms with Gasteiger partial charge in [0.05, 0.1) is 11.8 Å². The van der Waals surface area contributed by atoms with Crippen LogP contribution in [0, 0.1) is 0 Å². The van der Waals surface area contributed by atoms with Gasteiger partial charge in [-0.3, -0.25) is 4.98 Å². The summed E-state index contributed by atoms with van der Waals surface area (Å²) in [4.78, 5) is 3.98. The Hall–Kier alpha value is -0.610. The van der Waals surface area contributed by atoms with Gasteiger partial charge in [0.1, 0.15) is 12.4 Å². The molecule has 4 heteroatoms. The molecule has 15 heavy (non-hydrogen) atoms. The maximum absolute atomic E-state index is 10.0. The van der Waals surface area contributed by atoms with Crippen LogP contribution in [-0.2, 0) is 0 Å². The molecule has 1 heterocycles. The first-order chi connectivity index (χ1) is 7.09. The van der Waals surface area contributed by atoms with Crippen LogP contribution in [0.15, 0.2) is 22.9 Å². The van der Waals surface area contributed by atoms with Crippen LogP contribution in [0.1, 0.15) is 26.7 Å². The highest BCUT2D eigenvalue weighted by Crippen LogP contribution is 2.20. The molecule has 0 amide bonds.